The molecule has 2 aromatic heterocycles. The third-order valence-electron chi connectivity index (χ3n) is 6.43. The number of nitrogens with zero attached hydrogens (tertiary/aromatic N) is 7. The SMILES string of the molecule is CC(O)COC(=O)N1CC(N2CCc3c(-c4cnc(N)nc4)nc(N4CCOCC4C)nc32)C1. The molecule has 0 radical (unpaired) electrons. The first-order chi connectivity index (χ1) is 16.4. The molecule has 0 aromatic carbocycles. The molecule has 182 valence electrons. The zero-order chi connectivity index (χ0) is 23.8. The van der Waals surface area contributed by atoms with Gasteiger partial charge in [0.15, 0.2) is 0 Å². The Morgan fingerprint density at radius 1 is 1.26 bits per heavy atom. The maximum atomic E-state index is 12.2. The van der Waals surface area contributed by atoms with Gasteiger partial charge in [0.25, 0.3) is 0 Å². The predicted octanol–water partition coefficient (Wildman–Crippen LogP) is 0.305. The zero-order valence-corrected chi connectivity index (χ0v) is 19.4. The lowest BCUT2D eigenvalue weighted by Crippen LogP contribution is -2.61. The summed E-state index contributed by atoms with van der Waals surface area (Å²) in [6.45, 7) is 7.52. The number of carbonyl (C=O) groups excluding carboxylic acids is 1. The average molecular weight is 471 g/mol. The Labute approximate surface area is 197 Å². The van der Waals surface area contributed by atoms with Gasteiger partial charge in [0.05, 0.1) is 37.1 Å². The summed E-state index contributed by atoms with van der Waals surface area (Å²) in [4.78, 5) is 36.5. The number of aliphatic hydroxyl groups is 1. The van der Waals surface area contributed by atoms with E-state index in [0.717, 1.165) is 35.6 Å². The van der Waals surface area contributed by atoms with Crippen LogP contribution in [-0.4, -0.2) is 100 Å². The standard InChI is InChI=1S/C22H30N8O4/c1-13-11-33-6-5-29(13)21-26-18(15-7-24-20(23)25-8-15)17-3-4-30(19(17)27-21)16-9-28(10-16)22(32)34-12-14(2)31/h7-8,13-14,16,31H,3-6,9-12H2,1-2H3,(H2,23,24,25). The fourth-order valence-corrected chi connectivity index (χ4v) is 4.56. The Hall–Kier alpha value is -3.25. The van der Waals surface area contributed by atoms with E-state index < -0.39 is 12.2 Å². The van der Waals surface area contributed by atoms with Crippen LogP contribution in [0.2, 0.25) is 0 Å². The molecule has 2 aromatic rings. The van der Waals surface area contributed by atoms with Crippen molar-refractivity contribution in [2.24, 2.45) is 0 Å². The summed E-state index contributed by atoms with van der Waals surface area (Å²) in [7, 11) is 0. The van der Waals surface area contributed by atoms with E-state index in [9.17, 15) is 9.90 Å². The number of anilines is 3. The number of hydrogen-bond acceptors (Lipinski definition) is 11. The molecule has 12 heteroatoms. The van der Waals surface area contributed by atoms with Gasteiger partial charge in [-0.3, -0.25) is 0 Å². The van der Waals surface area contributed by atoms with Crippen molar-refractivity contribution in [3.8, 4) is 11.3 Å². The molecule has 5 heterocycles. The summed E-state index contributed by atoms with van der Waals surface area (Å²) in [6.07, 6.45) is 3.10. The van der Waals surface area contributed by atoms with Gasteiger partial charge in [0, 0.05) is 49.7 Å². The van der Waals surface area contributed by atoms with Crippen LogP contribution in [0, 0.1) is 0 Å². The van der Waals surface area contributed by atoms with Crippen molar-refractivity contribution in [1.82, 2.24) is 24.8 Å². The maximum Gasteiger partial charge on any atom is 0.409 e. The molecule has 0 saturated carbocycles. The molecule has 2 atom stereocenters. The van der Waals surface area contributed by atoms with E-state index in [-0.39, 0.29) is 24.6 Å². The zero-order valence-electron chi connectivity index (χ0n) is 19.4. The van der Waals surface area contributed by atoms with Gasteiger partial charge < -0.3 is 35.0 Å². The van der Waals surface area contributed by atoms with E-state index >= 15 is 0 Å². The number of amides is 1. The van der Waals surface area contributed by atoms with Crippen LogP contribution in [0.25, 0.3) is 11.3 Å². The van der Waals surface area contributed by atoms with Gasteiger partial charge in [0.2, 0.25) is 11.9 Å². The third-order valence-corrected chi connectivity index (χ3v) is 6.43. The minimum atomic E-state index is -0.681. The highest BCUT2D eigenvalue weighted by atomic mass is 16.6. The first-order valence-electron chi connectivity index (χ1n) is 11.6. The molecule has 1 amide bonds. The number of carbonyl (C=O) groups is 1. The normalized spacial score (nSPS) is 21.3. The number of hydrogen-bond donors (Lipinski definition) is 2. The quantitative estimate of drug-likeness (QED) is 0.623. The van der Waals surface area contributed by atoms with Gasteiger partial charge in [-0.05, 0) is 20.3 Å². The number of ether oxygens (including phenoxy) is 2. The van der Waals surface area contributed by atoms with Crippen LogP contribution in [0.4, 0.5) is 22.5 Å². The molecule has 3 N–H and O–H groups in total. The second-order valence-electron chi connectivity index (χ2n) is 9.05. The number of nitrogen functional groups attached to an aromatic ring is 1. The molecule has 2 fully saturated rings. The van der Waals surface area contributed by atoms with Gasteiger partial charge in [-0.25, -0.2) is 19.7 Å². The summed E-state index contributed by atoms with van der Waals surface area (Å²) in [5.74, 6) is 1.76. The van der Waals surface area contributed by atoms with Gasteiger partial charge >= 0.3 is 6.09 Å². The number of rotatable bonds is 5. The minimum Gasteiger partial charge on any atom is -0.447 e. The highest BCUT2D eigenvalue weighted by Gasteiger charge is 2.40. The van der Waals surface area contributed by atoms with Crippen molar-refractivity contribution in [3.05, 3.63) is 18.0 Å². The van der Waals surface area contributed by atoms with Crippen LogP contribution in [0.1, 0.15) is 19.4 Å². The second kappa shape index (κ2) is 9.18. The van der Waals surface area contributed by atoms with Crippen LogP contribution >= 0.6 is 0 Å². The largest absolute Gasteiger partial charge is 0.447 e. The Morgan fingerprint density at radius 2 is 2.03 bits per heavy atom. The number of likely N-dealkylation sites (tertiary alicyclic amines) is 1. The van der Waals surface area contributed by atoms with Crippen molar-refractivity contribution < 1.29 is 19.4 Å². The van der Waals surface area contributed by atoms with Gasteiger partial charge in [-0.2, -0.15) is 4.98 Å². The van der Waals surface area contributed by atoms with Crippen LogP contribution < -0.4 is 15.5 Å². The number of morpholine rings is 1. The monoisotopic (exact) mass is 470 g/mol. The molecule has 12 nitrogen and oxygen atoms in total. The van der Waals surface area contributed by atoms with Gasteiger partial charge in [-0.15, -0.1) is 0 Å². The van der Waals surface area contributed by atoms with Crippen LogP contribution in [0.15, 0.2) is 12.4 Å². The molecule has 0 bridgehead atoms. The van der Waals surface area contributed by atoms with E-state index in [1.165, 1.54) is 0 Å². The summed E-state index contributed by atoms with van der Waals surface area (Å²) in [6, 6.07) is 0.292. The topological polar surface area (TPSA) is 143 Å². The molecule has 3 aliphatic heterocycles. The van der Waals surface area contributed by atoms with Crippen LogP contribution in [-0.2, 0) is 15.9 Å². The van der Waals surface area contributed by atoms with E-state index in [0.29, 0.717) is 38.8 Å². The molecule has 34 heavy (non-hydrogen) atoms. The summed E-state index contributed by atoms with van der Waals surface area (Å²) in [5, 5.41) is 9.35. The number of aromatic nitrogens is 4. The highest BCUT2D eigenvalue weighted by molar-refractivity contribution is 5.74. The van der Waals surface area contributed by atoms with Gasteiger partial charge in [0.1, 0.15) is 12.4 Å². The molecular weight excluding hydrogens is 440 g/mol. The number of fused-ring (bicyclic) bond motifs is 1. The minimum absolute atomic E-state index is 0.00606. The van der Waals surface area contributed by atoms with Crippen LogP contribution in [0.3, 0.4) is 0 Å². The first-order valence-corrected chi connectivity index (χ1v) is 11.6. The van der Waals surface area contributed by atoms with Gasteiger partial charge in [-0.1, -0.05) is 0 Å². The third kappa shape index (κ3) is 4.30. The smallest absolute Gasteiger partial charge is 0.409 e. The van der Waals surface area contributed by atoms with Crippen molar-refractivity contribution in [2.75, 3.05) is 61.5 Å². The van der Waals surface area contributed by atoms with E-state index in [4.69, 9.17) is 25.2 Å². The van der Waals surface area contributed by atoms with E-state index in [1.807, 2.05) is 0 Å². The molecule has 3 aliphatic rings. The van der Waals surface area contributed by atoms with E-state index in [1.54, 1.807) is 24.2 Å². The Balaban J connectivity index is 1.42. The second-order valence-corrected chi connectivity index (χ2v) is 9.05. The highest BCUT2D eigenvalue weighted by Crippen LogP contribution is 2.38. The predicted molar refractivity (Wildman–Crippen MR) is 125 cm³/mol. The fraction of sp³-hybridized carbons (Fsp3) is 0.591. The van der Waals surface area contributed by atoms with Crippen molar-refractivity contribution >= 4 is 23.8 Å². The Morgan fingerprint density at radius 3 is 2.74 bits per heavy atom. The molecule has 0 aliphatic carbocycles. The summed E-state index contributed by atoms with van der Waals surface area (Å²) < 4.78 is 10.7. The molecule has 2 saturated heterocycles. The Kier molecular flexibility index (Phi) is 6.09. The van der Waals surface area contributed by atoms with E-state index in [2.05, 4.69) is 26.7 Å². The van der Waals surface area contributed by atoms with Crippen molar-refractivity contribution in [3.63, 3.8) is 0 Å². The lowest BCUT2D eigenvalue weighted by molar-refractivity contribution is 0.0375. The van der Waals surface area contributed by atoms with Crippen LogP contribution in [0.5, 0.6) is 0 Å². The van der Waals surface area contributed by atoms with Crippen molar-refractivity contribution in [1.29, 1.82) is 0 Å². The summed E-state index contributed by atoms with van der Waals surface area (Å²) in [5.41, 5.74) is 8.37. The van der Waals surface area contributed by atoms with Crippen molar-refractivity contribution in [2.45, 2.75) is 38.5 Å². The lowest BCUT2D eigenvalue weighted by Gasteiger charge is -2.44. The molecule has 5 rings (SSSR count). The first kappa shape index (κ1) is 22.5. The molecule has 0 spiro atoms. The number of aliphatic hydroxyl groups excluding tert-OH is 1. The lowest BCUT2D eigenvalue weighted by atomic mass is 10.1. The molecular formula is C22H30N8O4. The maximum absolute atomic E-state index is 12.2. The average Bonchev–Trinajstić information content (AvgIpc) is 3.20. The summed E-state index contributed by atoms with van der Waals surface area (Å²) >= 11 is 0. The number of nitrogens with two attached hydrogens (primary N) is 1. The molecule has 2 unspecified atom stereocenters. The fourth-order valence-electron chi connectivity index (χ4n) is 4.56. The Bertz CT molecular complexity index is 1040.